The zero-order valence-corrected chi connectivity index (χ0v) is 18.9. The number of benzene rings is 3. The lowest BCUT2D eigenvalue weighted by atomic mass is 9.93. The Bertz CT molecular complexity index is 1280. The van der Waals surface area contributed by atoms with Crippen LogP contribution in [0.5, 0.6) is 0 Å². The first kappa shape index (κ1) is 22.0. The summed E-state index contributed by atoms with van der Waals surface area (Å²) in [5.41, 5.74) is 7.20. The molecule has 0 amide bonds. The van der Waals surface area contributed by atoms with Gasteiger partial charge in [0.25, 0.3) is 0 Å². The Morgan fingerprint density at radius 1 is 0.903 bits per heavy atom. The second-order valence-electron chi connectivity index (χ2n) is 8.01. The third kappa shape index (κ3) is 4.84. The Balaban J connectivity index is 1.65. The quantitative estimate of drug-likeness (QED) is 0.361. The van der Waals surface area contributed by atoms with Gasteiger partial charge in [-0.15, -0.1) is 11.3 Å². The van der Waals surface area contributed by atoms with Gasteiger partial charge in [0.15, 0.2) is 5.43 Å². The molecule has 0 unspecified atom stereocenters. The molecule has 4 rings (SSSR count). The molecule has 4 N–H and O–H groups in total. The summed E-state index contributed by atoms with van der Waals surface area (Å²) in [6.07, 6.45) is 1.03. The van der Waals surface area contributed by atoms with Crippen LogP contribution in [0.15, 0.2) is 75.2 Å². The molecule has 0 saturated carbocycles. The van der Waals surface area contributed by atoms with Gasteiger partial charge in [-0.05, 0) is 67.8 Å². The van der Waals surface area contributed by atoms with E-state index in [-0.39, 0.29) is 18.6 Å². The number of hydrogen-bond donors (Lipinski definition) is 3. The lowest BCUT2D eigenvalue weighted by molar-refractivity contribution is 0.115. The van der Waals surface area contributed by atoms with Gasteiger partial charge in [0, 0.05) is 30.0 Å². The topological polar surface area (TPSA) is 83.6 Å². The summed E-state index contributed by atoms with van der Waals surface area (Å²) < 4.78 is 1.92. The van der Waals surface area contributed by atoms with E-state index in [9.17, 15) is 15.0 Å². The van der Waals surface area contributed by atoms with E-state index in [1.807, 2.05) is 30.3 Å². The second kappa shape index (κ2) is 9.10. The Hall–Kier alpha value is -2.22. The largest absolute Gasteiger partial charge is 0.394 e. The molecule has 1 heterocycles. The lowest BCUT2D eigenvalue weighted by Crippen LogP contribution is -2.47. The summed E-state index contributed by atoms with van der Waals surface area (Å²) in [7, 11) is 0. The summed E-state index contributed by atoms with van der Waals surface area (Å²) in [5, 5.41) is 20.2. The molecule has 0 aliphatic carbocycles. The SMILES string of the molecule is Cc1ccc(Sc2ccc3c(=O)c4cc(CCC(N)(CO)CO)ccc4sc3c2)cc1. The molecule has 0 saturated heterocycles. The van der Waals surface area contributed by atoms with Crippen molar-refractivity contribution in [3.63, 3.8) is 0 Å². The monoisotopic (exact) mass is 451 g/mol. The number of aliphatic hydroxyl groups excluding tert-OH is 2. The van der Waals surface area contributed by atoms with Gasteiger partial charge in [-0.1, -0.05) is 35.5 Å². The zero-order chi connectivity index (χ0) is 22.0. The highest BCUT2D eigenvalue weighted by Crippen LogP contribution is 2.33. The highest BCUT2D eigenvalue weighted by Gasteiger charge is 2.22. The van der Waals surface area contributed by atoms with Gasteiger partial charge in [-0.3, -0.25) is 4.79 Å². The van der Waals surface area contributed by atoms with Gasteiger partial charge in [0.2, 0.25) is 0 Å². The van der Waals surface area contributed by atoms with Crippen molar-refractivity contribution >= 4 is 43.3 Å². The van der Waals surface area contributed by atoms with E-state index in [4.69, 9.17) is 5.73 Å². The maximum Gasteiger partial charge on any atom is 0.195 e. The number of fused-ring (bicyclic) bond motifs is 2. The highest BCUT2D eigenvalue weighted by atomic mass is 32.2. The minimum absolute atomic E-state index is 0.0285. The number of rotatable bonds is 7. The van der Waals surface area contributed by atoms with Crippen LogP contribution in [0, 0.1) is 6.92 Å². The summed E-state index contributed by atoms with van der Waals surface area (Å²) in [6.45, 7) is 1.52. The van der Waals surface area contributed by atoms with E-state index in [1.54, 1.807) is 23.1 Å². The second-order valence-corrected chi connectivity index (χ2v) is 10.2. The minimum Gasteiger partial charge on any atom is -0.394 e. The first-order chi connectivity index (χ1) is 14.9. The third-order valence-corrected chi connectivity index (χ3v) is 7.64. The molecule has 6 heteroatoms. The van der Waals surface area contributed by atoms with Crippen molar-refractivity contribution in [3.8, 4) is 0 Å². The molecule has 160 valence electrons. The van der Waals surface area contributed by atoms with Crippen molar-refractivity contribution in [2.75, 3.05) is 13.2 Å². The molecule has 4 aromatic rings. The van der Waals surface area contributed by atoms with Crippen molar-refractivity contribution in [3.05, 3.63) is 82.0 Å². The van der Waals surface area contributed by atoms with Crippen molar-refractivity contribution in [2.45, 2.75) is 35.1 Å². The maximum absolute atomic E-state index is 13.2. The summed E-state index contributed by atoms with van der Waals surface area (Å²) >= 11 is 3.31. The van der Waals surface area contributed by atoms with E-state index < -0.39 is 5.54 Å². The molecule has 31 heavy (non-hydrogen) atoms. The molecule has 0 radical (unpaired) electrons. The molecule has 0 aliphatic rings. The molecule has 0 fully saturated rings. The van der Waals surface area contributed by atoms with Gasteiger partial charge in [-0.25, -0.2) is 0 Å². The lowest BCUT2D eigenvalue weighted by Gasteiger charge is -2.24. The van der Waals surface area contributed by atoms with Crippen molar-refractivity contribution in [2.24, 2.45) is 5.73 Å². The van der Waals surface area contributed by atoms with Crippen LogP contribution in [0.25, 0.3) is 20.2 Å². The normalized spacial score (nSPS) is 12.0. The van der Waals surface area contributed by atoms with Crippen LogP contribution in [0.1, 0.15) is 17.5 Å². The number of hydrogen-bond acceptors (Lipinski definition) is 6. The van der Waals surface area contributed by atoms with Crippen LogP contribution in [0.2, 0.25) is 0 Å². The Kier molecular flexibility index (Phi) is 6.46. The van der Waals surface area contributed by atoms with E-state index in [0.717, 1.165) is 25.2 Å². The Morgan fingerprint density at radius 2 is 1.61 bits per heavy atom. The summed E-state index contributed by atoms with van der Waals surface area (Å²) in [4.78, 5) is 15.4. The molecule has 0 bridgehead atoms. The van der Waals surface area contributed by atoms with Crippen LogP contribution in [0.3, 0.4) is 0 Å². The minimum atomic E-state index is -1.01. The predicted molar refractivity (Wildman–Crippen MR) is 130 cm³/mol. The van der Waals surface area contributed by atoms with Crippen LogP contribution in [-0.2, 0) is 6.42 Å². The van der Waals surface area contributed by atoms with Gasteiger partial charge in [0.05, 0.1) is 18.8 Å². The Labute approximate surface area is 189 Å². The molecule has 4 nitrogen and oxygen atoms in total. The number of aliphatic hydroxyl groups is 2. The molecular weight excluding hydrogens is 426 g/mol. The van der Waals surface area contributed by atoms with Gasteiger partial charge in [-0.2, -0.15) is 0 Å². The summed E-state index contributed by atoms with van der Waals surface area (Å²) in [6, 6.07) is 20.3. The maximum atomic E-state index is 13.2. The average Bonchev–Trinajstić information content (AvgIpc) is 2.79. The fourth-order valence-electron chi connectivity index (χ4n) is 3.44. The van der Waals surface area contributed by atoms with Crippen LogP contribution < -0.4 is 11.2 Å². The first-order valence-electron chi connectivity index (χ1n) is 10.2. The fraction of sp³-hybridized carbons (Fsp3) is 0.240. The fourth-order valence-corrected chi connectivity index (χ4v) is 5.47. The Morgan fingerprint density at radius 3 is 2.32 bits per heavy atom. The smallest absolute Gasteiger partial charge is 0.195 e. The molecule has 0 spiro atoms. The highest BCUT2D eigenvalue weighted by molar-refractivity contribution is 7.99. The summed E-state index contributed by atoms with van der Waals surface area (Å²) in [5.74, 6) is 0. The molecule has 0 aliphatic heterocycles. The number of aryl methyl sites for hydroxylation is 2. The van der Waals surface area contributed by atoms with Gasteiger partial charge < -0.3 is 15.9 Å². The average molecular weight is 452 g/mol. The standard InChI is InChI=1S/C25H25NO3S2/c1-16-2-5-18(6-3-16)30-19-7-8-20-23(13-19)31-22-9-4-17(12-21(22)24(20)29)10-11-25(26,14-27)15-28/h2-9,12-13,27-28H,10-11,14-15,26H2,1H3. The van der Waals surface area contributed by atoms with E-state index in [0.29, 0.717) is 18.2 Å². The van der Waals surface area contributed by atoms with Crippen LogP contribution >= 0.6 is 23.1 Å². The molecule has 3 aromatic carbocycles. The van der Waals surface area contributed by atoms with E-state index >= 15 is 0 Å². The van der Waals surface area contributed by atoms with Crippen LogP contribution in [0.4, 0.5) is 0 Å². The first-order valence-corrected chi connectivity index (χ1v) is 11.8. The van der Waals surface area contributed by atoms with Gasteiger partial charge in [0.1, 0.15) is 0 Å². The molecule has 0 atom stereocenters. The van der Waals surface area contributed by atoms with Crippen molar-refractivity contribution in [1.29, 1.82) is 0 Å². The molecule has 1 aromatic heterocycles. The van der Waals surface area contributed by atoms with E-state index in [1.165, 1.54) is 10.5 Å². The third-order valence-electron chi connectivity index (χ3n) is 5.50. The molecular formula is C25H25NO3S2. The van der Waals surface area contributed by atoms with Crippen LogP contribution in [-0.4, -0.2) is 29.0 Å². The van der Waals surface area contributed by atoms with Crippen molar-refractivity contribution in [1.82, 2.24) is 0 Å². The van der Waals surface area contributed by atoms with Gasteiger partial charge >= 0.3 is 0 Å². The number of nitrogens with two attached hydrogens (primary N) is 1. The van der Waals surface area contributed by atoms with E-state index in [2.05, 4.69) is 37.3 Å². The zero-order valence-electron chi connectivity index (χ0n) is 17.3. The predicted octanol–water partition coefficient (Wildman–Crippen LogP) is 4.49. The van der Waals surface area contributed by atoms with Crippen molar-refractivity contribution < 1.29 is 10.2 Å².